The highest BCUT2D eigenvalue weighted by atomic mass is 16.7. The Kier molecular flexibility index (Phi) is 8.18. The average molecular weight is 308 g/mol. The second kappa shape index (κ2) is 10.3. The van der Waals surface area contributed by atoms with Gasteiger partial charge in [-0.1, -0.05) is 24.8 Å². The van der Waals surface area contributed by atoms with Gasteiger partial charge in [0.1, 0.15) is 19.0 Å². The van der Waals surface area contributed by atoms with Crippen LogP contribution >= 0.6 is 0 Å². The average Bonchev–Trinajstić information content (AvgIpc) is 2.55. The normalized spacial score (nSPS) is 9.68. The van der Waals surface area contributed by atoms with Crippen molar-refractivity contribution in [2.24, 2.45) is 0 Å². The van der Waals surface area contributed by atoms with E-state index in [1.807, 2.05) is 12.1 Å². The molecule has 1 aromatic rings. The van der Waals surface area contributed by atoms with Crippen LogP contribution in [0.25, 0.3) is 0 Å². The molecule has 6 heteroatoms. The Morgan fingerprint density at radius 3 is 2.50 bits per heavy atom. The lowest BCUT2D eigenvalue weighted by Crippen LogP contribution is -2.10. The number of hydrogen-bond acceptors (Lipinski definition) is 6. The highest BCUT2D eigenvalue weighted by molar-refractivity contribution is 5.69. The summed E-state index contributed by atoms with van der Waals surface area (Å²) in [7, 11) is 1.59. The fourth-order valence-corrected chi connectivity index (χ4v) is 1.50. The first kappa shape index (κ1) is 17.6. The van der Waals surface area contributed by atoms with Crippen molar-refractivity contribution in [1.29, 1.82) is 0 Å². The highest BCUT2D eigenvalue weighted by Gasteiger charge is 2.06. The lowest BCUT2D eigenvalue weighted by atomic mass is 10.2. The molecule has 0 aliphatic carbocycles. The number of esters is 1. The summed E-state index contributed by atoms with van der Waals surface area (Å²) in [4.78, 5) is 22.5. The molecule has 0 radical (unpaired) electrons. The fourth-order valence-electron chi connectivity index (χ4n) is 1.50. The molecule has 0 aliphatic rings. The third-order valence-electron chi connectivity index (χ3n) is 2.62. The van der Waals surface area contributed by atoms with Crippen molar-refractivity contribution in [1.82, 2.24) is 0 Å². The number of carbonyl (C=O) groups is 2. The van der Waals surface area contributed by atoms with Gasteiger partial charge in [0.15, 0.2) is 0 Å². The molecule has 0 fully saturated rings. The van der Waals surface area contributed by atoms with Crippen molar-refractivity contribution in [3.8, 4) is 5.75 Å². The SMILES string of the molecule is C=CCOC(=O)OCCCC(=O)OCc1ccc(OC)cc1. The highest BCUT2D eigenvalue weighted by Crippen LogP contribution is 2.12. The molecule has 0 amide bonds. The van der Waals surface area contributed by atoms with Gasteiger partial charge in [-0.3, -0.25) is 4.79 Å². The summed E-state index contributed by atoms with van der Waals surface area (Å²) < 4.78 is 19.5. The zero-order valence-electron chi connectivity index (χ0n) is 12.6. The van der Waals surface area contributed by atoms with Gasteiger partial charge in [0.2, 0.25) is 0 Å². The first-order chi connectivity index (χ1) is 10.7. The molecule has 0 aromatic heterocycles. The van der Waals surface area contributed by atoms with Crippen LogP contribution in [0.2, 0.25) is 0 Å². The van der Waals surface area contributed by atoms with Crippen LogP contribution in [0.15, 0.2) is 36.9 Å². The van der Waals surface area contributed by atoms with Crippen LogP contribution in [0, 0.1) is 0 Å². The quantitative estimate of drug-likeness (QED) is 0.397. The van der Waals surface area contributed by atoms with Gasteiger partial charge >= 0.3 is 12.1 Å². The minimum atomic E-state index is -0.772. The van der Waals surface area contributed by atoms with Gasteiger partial charge in [-0.2, -0.15) is 0 Å². The first-order valence-electron chi connectivity index (χ1n) is 6.84. The fraction of sp³-hybridized carbons (Fsp3) is 0.375. The van der Waals surface area contributed by atoms with Gasteiger partial charge in [0.05, 0.1) is 13.7 Å². The van der Waals surface area contributed by atoms with E-state index in [2.05, 4.69) is 11.3 Å². The van der Waals surface area contributed by atoms with Crippen LogP contribution in [0.3, 0.4) is 0 Å². The maximum Gasteiger partial charge on any atom is 0.508 e. The molecule has 0 atom stereocenters. The third kappa shape index (κ3) is 7.33. The van der Waals surface area contributed by atoms with E-state index in [0.717, 1.165) is 11.3 Å². The summed E-state index contributed by atoms with van der Waals surface area (Å²) in [6, 6.07) is 7.24. The van der Waals surface area contributed by atoms with Crippen LogP contribution in [0.4, 0.5) is 4.79 Å². The zero-order valence-corrected chi connectivity index (χ0v) is 12.6. The van der Waals surface area contributed by atoms with Gasteiger partial charge in [-0.05, 0) is 24.1 Å². The predicted octanol–water partition coefficient (Wildman–Crippen LogP) is 2.86. The van der Waals surface area contributed by atoms with E-state index < -0.39 is 6.16 Å². The zero-order chi connectivity index (χ0) is 16.2. The van der Waals surface area contributed by atoms with Gasteiger partial charge in [-0.15, -0.1) is 0 Å². The second-order valence-corrected chi connectivity index (χ2v) is 4.31. The molecule has 120 valence electrons. The number of carbonyl (C=O) groups excluding carboxylic acids is 2. The minimum Gasteiger partial charge on any atom is -0.497 e. The molecule has 0 bridgehead atoms. The van der Waals surface area contributed by atoms with E-state index in [4.69, 9.17) is 14.2 Å². The van der Waals surface area contributed by atoms with Crippen molar-refractivity contribution in [3.63, 3.8) is 0 Å². The Bertz CT molecular complexity index is 480. The van der Waals surface area contributed by atoms with Crippen LogP contribution in [-0.2, 0) is 25.6 Å². The Morgan fingerprint density at radius 2 is 1.86 bits per heavy atom. The second-order valence-electron chi connectivity index (χ2n) is 4.31. The minimum absolute atomic E-state index is 0.0999. The molecular formula is C16H20O6. The lowest BCUT2D eigenvalue weighted by molar-refractivity contribution is -0.145. The summed E-state index contributed by atoms with van der Waals surface area (Å²) in [5, 5.41) is 0. The van der Waals surface area contributed by atoms with Crippen molar-refractivity contribution < 1.29 is 28.5 Å². The summed E-state index contributed by atoms with van der Waals surface area (Å²) >= 11 is 0. The monoisotopic (exact) mass is 308 g/mol. The molecule has 0 N–H and O–H groups in total. The van der Waals surface area contributed by atoms with Crippen molar-refractivity contribution >= 4 is 12.1 Å². The Morgan fingerprint density at radius 1 is 1.14 bits per heavy atom. The van der Waals surface area contributed by atoms with Crippen LogP contribution < -0.4 is 4.74 Å². The predicted molar refractivity (Wildman–Crippen MR) is 79.5 cm³/mol. The molecule has 0 aliphatic heterocycles. The van der Waals surface area contributed by atoms with Gasteiger partial charge < -0.3 is 18.9 Å². The van der Waals surface area contributed by atoms with Gasteiger partial charge in [-0.25, -0.2) is 4.79 Å². The maximum absolute atomic E-state index is 11.5. The molecule has 0 saturated heterocycles. The van der Waals surface area contributed by atoms with Gasteiger partial charge in [0, 0.05) is 6.42 Å². The molecule has 22 heavy (non-hydrogen) atoms. The maximum atomic E-state index is 11.5. The molecule has 1 rings (SSSR count). The Labute approximate surface area is 129 Å². The van der Waals surface area contributed by atoms with E-state index in [1.54, 1.807) is 19.2 Å². The number of ether oxygens (including phenoxy) is 4. The Hall–Kier alpha value is -2.50. The van der Waals surface area contributed by atoms with Crippen molar-refractivity contribution in [2.75, 3.05) is 20.3 Å². The summed E-state index contributed by atoms with van der Waals surface area (Å²) in [5.41, 5.74) is 0.874. The molecule has 0 saturated carbocycles. The molecule has 1 aromatic carbocycles. The number of rotatable bonds is 9. The number of hydrogen-bond donors (Lipinski definition) is 0. The molecule has 0 unspecified atom stereocenters. The third-order valence-corrected chi connectivity index (χ3v) is 2.62. The molecule has 6 nitrogen and oxygen atoms in total. The molecule has 0 spiro atoms. The van der Waals surface area contributed by atoms with E-state index in [1.165, 1.54) is 6.08 Å². The van der Waals surface area contributed by atoms with Crippen LogP contribution in [-0.4, -0.2) is 32.4 Å². The molecule has 0 heterocycles. The standard InChI is InChI=1S/C16H20O6/c1-3-10-20-16(18)21-11-4-5-15(17)22-12-13-6-8-14(19-2)9-7-13/h3,6-9H,1,4-5,10-12H2,2H3. The van der Waals surface area contributed by atoms with E-state index >= 15 is 0 Å². The van der Waals surface area contributed by atoms with Crippen molar-refractivity contribution in [3.05, 3.63) is 42.5 Å². The number of methoxy groups -OCH3 is 1. The summed E-state index contributed by atoms with van der Waals surface area (Å²) in [5.74, 6) is 0.398. The van der Waals surface area contributed by atoms with E-state index in [-0.39, 0.29) is 32.2 Å². The van der Waals surface area contributed by atoms with Crippen LogP contribution in [0.1, 0.15) is 18.4 Å². The van der Waals surface area contributed by atoms with E-state index in [0.29, 0.717) is 6.42 Å². The smallest absolute Gasteiger partial charge is 0.497 e. The number of benzene rings is 1. The summed E-state index contributed by atoms with van der Waals surface area (Å²) in [6.07, 6.45) is 1.22. The van der Waals surface area contributed by atoms with Gasteiger partial charge in [0.25, 0.3) is 0 Å². The van der Waals surface area contributed by atoms with E-state index in [9.17, 15) is 9.59 Å². The largest absolute Gasteiger partial charge is 0.508 e. The Balaban J connectivity index is 2.12. The molecular weight excluding hydrogens is 288 g/mol. The lowest BCUT2D eigenvalue weighted by Gasteiger charge is -2.06. The first-order valence-corrected chi connectivity index (χ1v) is 6.84. The summed E-state index contributed by atoms with van der Waals surface area (Å²) in [6.45, 7) is 3.81. The van der Waals surface area contributed by atoms with Crippen LogP contribution in [0.5, 0.6) is 5.75 Å². The van der Waals surface area contributed by atoms with Crippen molar-refractivity contribution in [2.45, 2.75) is 19.4 Å². The topological polar surface area (TPSA) is 71.1 Å².